The second kappa shape index (κ2) is 5.15. The standard InChI is InChI=1S/C10H10N4O4S2/c11-19(15,16)8-3-5-13-10(6-8)14-20(17,18)9-2-1-4-12-7-9/h1-7H,(H,13,14)(H2,11,15,16). The highest BCUT2D eigenvalue weighted by Gasteiger charge is 2.16. The first kappa shape index (κ1) is 14.4. The van der Waals surface area contributed by atoms with E-state index in [4.69, 9.17) is 5.14 Å². The predicted octanol–water partition coefficient (Wildman–Crippen LogP) is -0.0752. The van der Waals surface area contributed by atoms with E-state index in [1.165, 1.54) is 18.3 Å². The average molecular weight is 314 g/mol. The summed E-state index contributed by atoms with van der Waals surface area (Å²) in [5.74, 6) is -0.152. The molecule has 0 radical (unpaired) electrons. The number of aromatic nitrogens is 2. The minimum Gasteiger partial charge on any atom is -0.263 e. The quantitative estimate of drug-likeness (QED) is 0.811. The summed E-state index contributed by atoms with van der Waals surface area (Å²) in [7, 11) is -7.82. The Bertz CT molecular complexity index is 819. The van der Waals surface area contributed by atoms with Crippen molar-refractivity contribution >= 4 is 25.9 Å². The lowest BCUT2D eigenvalue weighted by molar-refractivity contribution is 0.596. The van der Waals surface area contributed by atoms with Gasteiger partial charge in [-0.1, -0.05) is 0 Å². The van der Waals surface area contributed by atoms with E-state index < -0.39 is 20.0 Å². The van der Waals surface area contributed by atoms with Crippen LogP contribution in [0.4, 0.5) is 5.82 Å². The summed E-state index contributed by atoms with van der Waals surface area (Å²) >= 11 is 0. The third kappa shape index (κ3) is 3.29. The summed E-state index contributed by atoms with van der Waals surface area (Å²) in [6.07, 6.45) is 3.73. The Hall–Kier alpha value is -2.04. The average Bonchev–Trinajstić information content (AvgIpc) is 2.38. The van der Waals surface area contributed by atoms with Crippen LogP contribution in [0.15, 0.2) is 52.6 Å². The number of sulfonamides is 2. The number of nitrogens with zero attached hydrogens (tertiary/aromatic N) is 2. The lowest BCUT2D eigenvalue weighted by atomic mass is 10.5. The molecule has 0 atom stereocenters. The van der Waals surface area contributed by atoms with Gasteiger partial charge in [0.1, 0.15) is 10.7 Å². The molecule has 2 aromatic heterocycles. The van der Waals surface area contributed by atoms with Crippen LogP contribution in [0.3, 0.4) is 0 Å². The molecule has 0 bridgehead atoms. The van der Waals surface area contributed by atoms with Gasteiger partial charge in [0.2, 0.25) is 10.0 Å². The maximum Gasteiger partial charge on any atom is 0.264 e. The van der Waals surface area contributed by atoms with Crippen molar-refractivity contribution in [3.63, 3.8) is 0 Å². The summed E-state index contributed by atoms with van der Waals surface area (Å²) in [6.45, 7) is 0. The molecule has 3 N–H and O–H groups in total. The maximum absolute atomic E-state index is 12.0. The Balaban J connectivity index is 2.36. The number of hydrogen-bond donors (Lipinski definition) is 2. The van der Waals surface area contributed by atoms with Gasteiger partial charge in [-0.3, -0.25) is 9.71 Å². The van der Waals surface area contributed by atoms with Crippen LogP contribution >= 0.6 is 0 Å². The van der Waals surface area contributed by atoms with Crippen molar-refractivity contribution in [2.24, 2.45) is 5.14 Å². The molecular formula is C10H10N4O4S2. The molecule has 20 heavy (non-hydrogen) atoms. The van der Waals surface area contributed by atoms with E-state index >= 15 is 0 Å². The molecule has 2 rings (SSSR count). The first-order chi connectivity index (χ1) is 9.29. The Labute approximate surface area is 115 Å². The maximum atomic E-state index is 12.0. The molecular weight excluding hydrogens is 304 g/mol. The van der Waals surface area contributed by atoms with Crippen molar-refractivity contribution in [1.82, 2.24) is 9.97 Å². The van der Waals surface area contributed by atoms with Crippen molar-refractivity contribution in [2.45, 2.75) is 9.79 Å². The molecule has 0 spiro atoms. The Morgan fingerprint density at radius 1 is 1.05 bits per heavy atom. The van der Waals surface area contributed by atoms with Crippen molar-refractivity contribution < 1.29 is 16.8 Å². The predicted molar refractivity (Wildman–Crippen MR) is 70.7 cm³/mol. The summed E-state index contributed by atoms with van der Waals surface area (Å²) in [5.41, 5.74) is 0. The van der Waals surface area contributed by atoms with E-state index in [1.54, 1.807) is 0 Å². The van der Waals surface area contributed by atoms with Crippen LogP contribution in [0.2, 0.25) is 0 Å². The van der Waals surface area contributed by atoms with Crippen LogP contribution in [0.1, 0.15) is 0 Å². The molecule has 106 valence electrons. The van der Waals surface area contributed by atoms with Gasteiger partial charge >= 0.3 is 0 Å². The van der Waals surface area contributed by atoms with E-state index in [-0.39, 0.29) is 15.6 Å². The summed E-state index contributed by atoms with van der Waals surface area (Å²) in [5, 5.41) is 4.96. The molecule has 0 aliphatic carbocycles. The zero-order valence-corrected chi connectivity index (χ0v) is 11.6. The lowest BCUT2D eigenvalue weighted by Gasteiger charge is -2.07. The van der Waals surface area contributed by atoms with Gasteiger partial charge in [0, 0.05) is 24.7 Å². The van der Waals surface area contributed by atoms with Crippen LogP contribution in [0.5, 0.6) is 0 Å². The van der Waals surface area contributed by atoms with E-state index in [0.717, 1.165) is 24.5 Å². The largest absolute Gasteiger partial charge is 0.264 e. The second-order valence-electron chi connectivity index (χ2n) is 3.72. The molecule has 0 aromatic carbocycles. The molecule has 2 aromatic rings. The van der Waals surface area contributed by atoms with E-state index in [1.807, 2.05) is 0 Å². The van der Waals surface area contributed by atoms with Crippen molar-refractivity contribution in [2.75, 3.05) is 4.72 Å². The highest BCUT2D eigenvalue weighted by Crippen LogP contribution is 2.15. The first-order valence-corrected chi connectivity index (χ1v) is 8.24. The number of nitrogens with two attached hydrogens (primary N) is 1. The fourth-order valence-electron chi connectivity index (χ4n) is 1.35. The molecule has 0 fully saturated rings. The van der Waals surface area contributed by atoms with Crippen molar-refractivity contribution in [1.29, 1.82) is 0 Å². The molecule has 8 nitrogen and oxygen atoms in total. The van der Waals surface area contributed by atoms with E-state index in [2.05, 4.69) is 14.7 Å². The molecule has 10 heteroatoms. The zero-order valence-electron chi connectivity index (χ0n) is 9.96. The summed E-state index contributed by atoms with van der Waals surface area (Å²) in [6, 6.07) is 5.00. The van der Waals surface area contributed by atoms with Gasteiger partial charge in [0.25, 0.3) is 10.0 Å². The van der Waals surface area contributed by atoms with Crippen LogP contribution in [0, 0.1) is 0 Å². The normalized spacial score (nSPS) is 12.1. The number of hydrogen-bond acceptors (Lipinski definition) is 6. The highest BCUT2D eigenvalue weighted by molar-refractivity contribution is 7.92. The second-order valence-corrected chi connectivity index (χ2v) is 6.96. The molecule has 2 heterocycles. The number of anilines is 1. The van der Waals surface area contributed by atoms with Gasteiger partial charge in [0.05, 0.1) is 4.90 Å². The van der Waals surface area contributed by atoms with Gasteiger partial charge in [-0.2, -0.15) is 0 Å². The minimum absolute atomic E-state index is 0.0668. The number of pyridine rings is 2. The number of nitrogens with one attached hydrogen (secondary N) is 1. The van der Waals surface area contributed by atoms with Gasteiger partial charge in [0.15, 0.2) is 0 Å². The Morgan fingerprint density at radius 2 is 1.80 bits per heavy atom. The van der Waals surface area contributed by atoms with Crippen LogP contribution in [-0.4, -0.2) is 26.8 Å². The number of primary sulfonamides is 1. The van der Waals surface area contributed by atoms with Crippen LogP contribution in [0.25, 0.3) is 0 Å². The SMILES string of the molecule is NS(=O)(=O)c1ccnc(NS(=O)(=O)c2cccnc2)c1. The van der Waals surface area contributed by atoms with Gasteiger partial charge in [-0.25, -0.2) is 27.0 Å². The van der Waals surface area contributed by atoms with Crippen LogP contribution < -0.4 is 9.86 Å². The fraction of sp³-hybridized carbons (Fsp3) is 0. The monoisotopic (exact) mass is 314 g/mol. The summed E-state index contributed by atoms with van der Waals surface area (Å²) < 4.78 is 48.5. The van der Waals surface area contributed by atoms with E-state index in [0.29, 0.717) is 0 Å². The van der Waals surface area contributed by atoms with Gasteiger partial charge in [-0.15, -0.1) is 0 Å². The minimum atomic E-state index is -3.93. The van der Waals surface area contributed by atoms with Gasteiger partial charge in [-0.05, 0) is 18.2 Å². The summed E-state index contributed by atoms with van der Waals surface area (Å²) in [4.78, 5) is 7.12. The molecule has 0 saturated carbocycles. The van der Waals surface area contributed by atoms with E-state index in [9.17, 15) is 16.8 Å². The third-order valence-electron chi connectivity index (χ3n) is 2.24. The zero-order chi connectivity index (χ0) is 14.8. The smallest absolute Gasteiger partial charge is 0.263 e. The van der Waals surface area contributed by atoms with Crippen molar-refractivity contribution in [3.05, 3.63) is 42.9 Å². The molecule has 0 aliphatic heterocycles. The van der Waals surface area contributed by atoms with Crippen LogP contribution in [-0.2, 0) is 20.0 Å². The first-order valence-electron chi connectivity index (χ1n) is 5.21. The molecule has 0 unspecified atom stereocenters. The fourth-order valence-corrected chi connectivity index (χ4v) is 2.84. The molecule has 0 aliphatic rings. The Morgan fingerprint density at radius 3 is 2.40 bits per heavy atom. The highest BCUT2D eigenvalue weighted by atomic mass is 32.2. The Kier molecular flexibility index (Phi) is 3.70. The topological polar surface area (TPSA) is 132 Å². The number of rotatable bonds is 4. The molecule has 0 amide bonds. The lowest BCUT2D eigenvalue weighted by Crippen LogP contribution is -2.16. The third-order valence-corrected chi connectivity index (χ3v) is 4.49. The van der Waals surface area contributed by atoms with Crippen molar-refractivity contribution in [3.8, 4) is 0 Å². The van der Waals surface area contributed by atoms with Gasteiger partial charge < -0.3 is 0 Å². The molecule has 0 saturated heterocycles.